The van der Waals surface area contributed by atoms with E-state index in [-0.39, 0.29) is 6.10 Å². The van der Waals surface area contributed by atoms with Crippen molar-refractivity contribution >= 4 is 24.5 Å². The average molecular weight is 562 g/mol. The van der Waals surface area contributed by atoms with Crippen LogP contribution in [0.2, 0.25) is 0 Å². The molecule has 0 spiro atoms. The number of fused-ring (bicyclic) bond motifs is 1. The predicted octanol–water partition coefficient (Wildman–Crippen LogP) is 4.53. The molecule has 12 heteroatoms. The number of hydrogen-bond donors (Lipinski definition) is 2. The van der Waals surface area contributed by atoms with Gasteiger partial charge in [0.25, 0.3) is 5.56 Å². The molecule has 0 radical (unpaired) electrons. The lowest BCUT2D eigenvalue weighted by atomic mass is 10.1. The highest BCUT2D eigenvalue weighted by molar-refractivity contribution is 7.52. The number of ether oxygens (including phenoxy) is 2. The van der Waals surface area contributed by atoms with Crippen LogP contribution in [0, 0.1) is 0 Å². The Labute approximate surface area is 227 Å². The molecule has 4 unspecified atom stereocenters. The zero-order chi connectivity index (χ0) is 28.7. The van der Waals surface area contributed by atoms with Gasteiger partial charge >= 0.3 is 19.4 Å². The maximum atomic E-state index is 14.2. The van der Waals surface area contributed by atoms with Gasteiger partial charge < -0.3 is 14.0 Å². The van der Waals surface area contributed by atoms with Gasteiger partial charge in [0.05, 0.1) is 18.3 Å². The van der Waals surface area contributed by atoms with Gasteiger partial charge in [-0.3, -0.25) is 23.7 Å². The largest absolute Gasteiger partial charge is 0.462 e. The van der Waals surface area contributed by atoms with Crippen LogP contribution in [0.3, 0.4) is 0 Å². The Morgan fingerprint density at radius 3 is 2.38 bits per heavy atom. The minimum atomic E-state index is -4.20. The third kappa shape index (κ3) is 8.12. The molecule has 0 aliphatic carbocycles. The molecular weight excluding hydrogens is 525 g/mol. The van der Waals surface area contributed by atoms with Crippen molar-refractivity contribution in [3.05, 3.63) is 75.6 Å². The van der Waals surface area contributed by atoms with Gasteiger partial charge in [-0.2, -0.15) is 5.09 Å². The van der Waals surface area contributed by atoms with Crippen molar-refractivity contribution in [1.29, 1.82) is 0 Å². The molecule has 0 aliphatic heterocycles. The molecular formula is C27H36N3O8P. The van der Waals surface area contributed by atoms with Gasteiger partial charge in [0.15, 0.2) is 0 Å². The number of esters is 1. The van der Waals surface area contributed by atoms with Gasteiger partial charge in [-0.25, -0.2) is 9.36 Å². The number of rotatable bonds is 13. The monoisotopic (exact) mass is 561 g/mol. The number of aromatic amines is 1. The first-order valence-electron chi connectivity index (χ1n) is 12.8. The molecule has 0 saturated heterocycles. The lowest BCUT2D eigenvalue weighted by molar-refractivity contribution is -0.149. The van der Waals surface area contributed by atoms with Crippen LogP contribution in [0.25, 0.3) is 10.8 Å². The summed E-state index contributed by atoms with van der Waals surface area (Å²) in [5, 5.41) is 4.29. The van der Waals surface area contributed by atoms with E-state index in [1.54, 1.807) is 39.8 Å². The zero-order valence-corrected chi connectivity index (χ0v) is 23.8. The Kier molecular flexibility index (Phi) is 10.3. The Balaban J connectivity index is 1.87. The molecule has 2 aromatic carbocycles. The lowest BCUT2D eigenvalue weighted by Crippen LogP contribution is -2.39. The zero-order valence-electron chi connectivity index (χ0n) is 23.0. The summed E-state index contributed by atoms with van der Waals surface area (Å²) in [6, 6.07) is 13.0. The fourth-order valence-electron chi connectivity index (χ4n) is 3.97. The van der Waals surface area contributed by atoms with Crippen LogP contribution >= 0.6 is 7.75 Å². The number of carbonyl (C=O) groups is 1. The third-order valence-corrected chi connectivity index (χ3v) is 7.62. The van der Waals surface area contributed by atoms with Crippen molar-refractivity contribution < 1.29 is 27.9 Å². The average Bonchev–Trinajstić information content (AvgIpc) is 2.86. The van der Waals surface area contributed by atoms with Gasteiger partial charge in [0.1, 0.15) is 18.0 Å². The summed E-state index contributed by atoms with van der Waals surface area (Å²) < 4.78 is 38.7. The fraction of sp³-hybridized carbons (Fsp3) is 0.444. The highest BCUT2D eigenvalue weighted by Gasteiger charge is 2.37. The number of hydrogen-bond acceptors (Lipinski definition) is 8. The van der Waals surface area contributed by atoms with Gasteiger partial charge in [-0.05, 0) is 52.5 Å². The number of nitrogens with one attached hydrogen (secondary N) is 2. The maximum Gasteiger partial charge on any atom is 0.459 e. The third-order valence-electron chi connectivity index (χ3n) is 5.87. The predicted molar refractivity (Wildman–Crippen MR) is 148 cm³/mol. The second kappa shape index (κ2) is 13.2. The molecule has 3 aromatic rings. The molecule has 0 fully saturated rings. The van der Waals surface area contributed by atoms with E-state index in [0.717, 1.165) is 5.39 Å². The highest BCUT2D eigenvalue weighted by Crippen LogP contribution is 2.48. The number of nitrogens with zero attached hydrogens (tertiary/aromatic N) is 1. The SMILES string of the molecule is CC[C@H](OC(C)n1ccc(=O)[nH]c1=O)C(C)OP(=O)(NC(C)C(=O)OC(C)C)Oc1cccc2ccccc12. The molecule has 39 heavy (non-hydrogen) atoms. The summed E-state index contributed by atoms with van der Waals surface area (Å²) in [7, 11) is -4.20. The van der Waals surface area contributed by atoms with E-state index < -0.39 is 49.4 Å². The van der Waals surface area contributed by atoms with Crippen LogP contribution in [0.1, 0.15) is 54.2 Å². The van der Waals surface area contributed by atoms with E-state index in [4.69, 9.17) is 18.5 Å². The summed E-state index contributed by atoms with van der Waals surface area (Å²) >= 11 is 0. The van der Waals surface area contributed by atoms with Gasteiger partial charge in [0.2, 0.25) is 0 Å². The molecule has 1 heterocycles. The van der Waals surface area contributed by atoms with Crippen molar-refractivity contribution in [1.82, 2.24) is 14.6 Å². The number of aromatic nitrogens is 2. The summed E-state index contributed by atoms with van der Waals surface area (Å²) in [5.41, 5.74) is -1.14. The van der Waals surface area contributed by atoms with Crippen LogP contribution in [-0.4, -0.2) is 39.9 Å². The van der Waals surface area contributed by atoms with E-state index in [2.05, 4.69) is 10.1 Å². The first kappa shape index (κ1) is 30.3. The topological polar surface area (TPSA) is 138 Å². The second-order valence-corrected chi connectivity index (χ2v) is 11.1. The normalized spacial score (nSPS) is 16.3. The first-order valence-corrected chi connectivity index (χ1v) is 14.4. The van der Waals surface area contributed by atoms with Crippen LogP contribution in [0.5, 0.6) is 5.75 Å². The lowest BCUT2D eigenvalue weighted by Gasteiger charge is -2.31. The van der Waals surface area contributed by atoms with Crippen molar-refractivity contribution in [3.63, 3.8) is 0 Å². The Bertz CT molecular complexity index is 1430. The Morgan fingerprint density at radius 1 is 1.03 bits per heavy atom. The quantitative estimate of drug-likeness (QED) is 0.228. The van der Waals surface area contributed by atoms with Crippen LogP contribution in [-0.2, 0) is 23.4 Å². The van der Waals surface area contributed by atoms with Crippen LogP contribution in [0.15, 0.2) is 64.3 Å². The van der Waals surface area contributed by atoms with Gasteiger partial charge in [0, 0.05) is 17.6 Å². The number of benzene rings is 2. The fourth-order valence-corrected chi connectivity index (χ4v) is 5.69. The molecule has 0 saturated carbocycles. The van der Waals surface area contributed by atoms with E-state index in [1.165, 1.54) is 23.8 Å². The van der Waals surface area contributed by atoms with Crippen LogP contribution < -0.4 is 20.9 Å². The molecule has 212 valence electrons. The van der Waals surface area contributed by atoms with E-state index in [0.29, 0.717) is 17.6 Å². The molecule has 0 bridgehead atoms. The summed E-state index contributed by atoms with van der Waals surface area (Å²) in [6.07, 6.45) is -0.807. The smallest absolute Gasteiger partial charge is 0.459 e. The molecule has 2 N–H and O–H groups in total. The second-order valence-electron chi connectivity index (χ2n) is 9.41. The van der Waals surface area contributed by atoms with E-state index in [1.807, 2.05) is 37.3 Å². The Morgan fingerprint density at radius 2 is 1.72 bits per heavy atom. The molecule has 0 aliphatic rings. The molecule has 5 atom stereocenters. The van der Waals surface area contributed by atoms with Crippen molar-refractivity contribution in [2.45, 2.75) is 78.5 Å². The van der Waals surface area contributed by atoms with Gasteiger partial charge in [-0.15, -0.1) is 0 Å². The Hall–Kier alpha value is -3.24. The molecule has 3 rings (SSSR count). The van der Waals surface area contributed by atoms with E-state index >= 15 is 0 Å². The number of carbonyl (C=O) groups excluding carboxylic acids is 1. The molecule has 1 aromatic heterocycles. The number of H-pyrrole nitrogens is 1. The first-order chi connectivity index (χ1) is 18.4. The molecule has 0 amide bonds. The van der Waals surface area contributed by atoms with Gasteiger partial charge in [-0.1, -0.05) is 43.3 Å². The highest BCUT2D eigenvalue weighted by atomic mass is 31.2. The summed E-state index contributed by atoms with van der Waals surface area (Å²) in [6.45, 7) is 10.1. The van der Waals surface area contributed by atoms with Crippen molar-refractivity contribution in [2.75, 3.05) is 0 Å². The standard InChI is InChI=1S/C27H36N3O8P/c1-7-23(36-20(6)30-16-15-25(31)28-27(30)33)19(5)37-39(34,29-18(4)26(32)35-17(2)3)38-24-14-10-12-21-11-8-9-13-22(21)24/h8-20,23H,7H2,1-6H3,(H,29,34)(H,28,31,33)/t18?,19?,20?,23-,39?/m0/s1. The maximum absolute atomic E-state index is 14.2. The summed E-state index contributed by atoms with van der Waals surface area (Å²) in [5.74, 6) is -0.306. The molecule has 11 nitrogen and oxygen atoms in total. The van der Waals surface area contributed by atoms with E-state index in [9.17, 15) is 18.9 Å². The minimum Gasteiger partial charge on any atom is -0.462 e. The summed E-state index contributed by atoms with van der Waals surface area (Å²) in [4.78, 5) is 38.3. The van der Waals surface area contributed by atoms with Crippen molar-refractivity contribution in [2.24, 2.45) is 0 Å². The minimum absolute atomic E-state index is 0.308. The van der Waals surface area contributed by atoms with Crippen LogP contribution in [0.4, 0.5) is 0 Å². The van der Waals surface area contributed by atoms with Crippen molar-refractivity contribution in [3.8, 4) is 5.75 Å².